The van der Waals surface area contributed by atoms with Crippen LogP contribution in [-0.2, 0) is 0 Å². The molecule has 1 aromatic heterocycles. The predicted molar refractivity (Wildman–Crippen MR) is 118 cm³/mol. The molecule has 0 aliphatic carbocycles. The van der Waals surface area contributed by atoms with E-state index < -0.39 is 10.8 Å². The highest BCUT2D eigenvalue weighted by atomic mass is 32.1. The lowest BCUT2D eigenvalue weighted by molar-refractivity contribution is -0.385. The van der Waals surface area contributed by atoms with E-state index in [1.165, 1.54) is 22.4 Å². The van der Waals surface area contributed by atoms with Crippen LogP contribution in [0, 0.1) is 17.0 Å². The van der Waals surface area contributed by atoms with Gasteiger partial charge in [0.15, 0.2) is 5.13 Å². The van der Waals surface area contributed by atoms with Crippen molar-refractivity contribution in [1.29, 1.82) is 0 Å². The molecule has 0 unspecified atom stereocenters. The minimum absolute atomic E-state index is 0.0957. The number of nitrogens with one attached hydrogen (secondary N) is 1. The molecule has 0 radical (unpaired) electrons. The van der Waals surface area contributed by atoms with Crippen LogP contribution in [0.1, 0.15) is 15.9 Å². The number of carbonyl (C=O) groups excluding carboxylic acids is 1. The molecule has 1 amide bonds. The minimum atomic E-state index is -0.530. The number of anilines is 1. The SMILES string of the molecule is Cc1ccc2nc(N3CCN(CCNC(=O)c4ccccc4[N+](=O)[O-])CC3)sc2c1. The van der Waals surface area contributed by atoms with Crippen molar-refractivity contribution in [2.24, 2.45) is 0 Å². The minimum Gasteiger partial charge on any atom is -0.351 e. The third kappa shape index (κ3) is 4.42. The van der Waals surface area contributed by atoms with Crippen molar-refractivity contribution < 1.29 is 9.72 Å². The Kier molecular flexibility index (Phi) is 5.91. The van der Waals surface area contributed by atoms with E-state index in [1.54, 1.807) is 23.5 Å². The molecule has 3 aromatic rings. The van der Waals surface area contributed by atoms with Crippen LogP contribution < -0.4 is 10.2 Å². The Hall–Kier alpha value is -3.04. The lowest BCUT2D eigenvalue weighted by atomic mass is 10.1. The number of carbonyl (C=O) groups is 1. The number of nitrogens with zero attached hydrogens (tertiary/aromatic N) is 4. The summed E-state index contributed by atoms with van der Waals surface area (Å²) in [6.45, 7) is 6.79. The van der Waals surface area contributed by atoms with Crippen LogP contribution in [0.5, 0.6) is 0 Å². The number of benzene rings is 2. The molecule has 1 saturated heterocycles. The van der Waals surface area contributed by atoms with Crippen LogP contribution in [0.4, 0.5) is 10.8 Å². The summed E-state index contributed by atoms with van der Waals surface area (Å²) in [6, 6.07) is 12.3. The molecule has 0 spiro atoms. The van der Waals surface area contributed by atoms with Gasteiger partial charge >= 0.3 is 0 Å². The Bertz CT molecular complexity index is 1080. The molecule has 0 saturated carbocycles. The third-order valence-corrected chi connectivity index (χ3v) is 6.31. The van der Waals surface area contributed by atoms with E-state index in [-0.39, 0.29) is 11.3 Å². The summed E-state index contributed by atoms with van der Waals surface area (Å²) in [5, 5.41) is 14.9. The highest BCUT2D eigenvalue weighted by Crippen LogP contribution is 2.30. The summed E-state index contributed by atoms with van der Waals surface area (Å²) in [5.41, 5.74) is 2.21. The number of amides is 1. The van der Waals surface area contributed by atoms with E-state index in [9.17, 15) is 14.9 Å². The summed E-state index contributed by atoms with van der Waals surface area (Å²) in [4.78, 5) is 32.2. The maximum Gasteiger partial charge on any atom is 0.282 e. The fraction of sp³-hybridized carbons (Fsp3) is 0.333. The van der Waals surface area contributed by atoms with Crippen molar-refractivity contribution in [3.63, 3.8) is 0 Å². The molecule has 1 aliphatic rings. The third-order valence-electron chi connectivity index (χ3n) is 5.23. The second-order valence-corrected chi connectivity index (χ2v) is 8.34. The van der Waals surface area contributed by atoms with Crippen molar-refractivity contribution in [1.82, 2.24) is 15.2 Å². The summed E-state index contributed by atoms with van der Waals surface area (Å²) >= 11 is 1.73. The second kappa shape index (κ2) is 8.76. The lowest BCUT2D eigenvalue weighted by Gasteiger charge is -2.34. The topological polar surface area (TPSA) is 91.6 Å². The number of nitro benzene ring substituents is 1. The molecule has 4 rings (SSSR count). The van der Waals surface area contributed by atoms with E-state index in [4.69, 9.17) is 4.98 Å². The molecule has 2 aromatic carbocycles. The molecular formula is C21H23N5O3S. The lowest BCUT2D eigenvalue weighted by Crippen LogP contribution is -2.48. The van der Waals surface area contributed by atoms with Gasteiger partial charge in [-0.05, 0) is 30.7 Å². The molecule has 0 atom stereocenters. The van der Waals surface area contributed by atoms with Crippen LogP contribution in [-0.4, -0.2) is 60.0 Å². The maximum absolute atomic E-state index is 12.3. The number of piperazine rings is 1. The van der Waals surface area contributed by atoms with Crippen molar-refractivity contribution in [2.75, 3.05) is 44.2 Å². The average molecular weight is 426 g/mol. The molecular weight excluding hydrogens is 402 g/mol. The zero-order valence-electron chi connectivity index (χ0n) is 16.7. The predicted octanol–water partition coefficient (Wildman–Crippen LogP) is 3.06. The molecule has 156 valence electrons. The second-order valence-electron chi connectivity index (χ2n) is 7.33. The number of thiazole rings is 1. The van der Waals surface area contributed by atoms with Gasteiger partial charge in [0.1, 0.15) is 5.56 Å². The van der Waals surface area contributed by atoms with Crippen molar-refractivity contribution in [3.05, 3.63) is 63.7 Å². The fourth-order valence-electron chi connectivity index (χ4n) is 3.57. The smallest absolute Gasteiger partial charge is 0.282 e. The van der Waals surface area contributed by atoms with E-state index in [0.29, 0.717) is 13.1 Å². The first-order chi connectivity index (χ1) is 14.5. The summed E-state index contributed by atoms with van der Waals surface area (Å²) < 4.78 is 1.21. The molecule has 9 heteroatoms. The van der Waals surface area contributed by atoms with Gasteiger partial charge in [-0.15, -0.1) is 0 Å². The first kappa shape index (κ1) is 20.2. The zero-order valence-corrected chi connectivity index (χ0v) is 17.5. The van der Waals surface area contributed by atoms with Crippen molar-refractivity contribution >= 4 is 38.3 Å². The van der Waals surface area contributed by atoms with Gasteiger partial charge in [-0.1, -0.05) is 29.5 Å². The standard InChI is InChI=1S/C21H23N5O3S/c1-15-6-7-17-19(14-15)30-21(23-17)25-12-10-24(11-13-25)9-8-22-20(27)16-4-2-3-5-18(16)26(28)29/h2-7,14H,8-13H2,1H3,(H,22,27). The molecule has 8 nitrogen and oxygen atoms in total. The number of hydrogen-bond acceptors (Lipinski definition) is 7. The Labute approximate surface area is 178 Å². The van der Waals surface area contributed by atoms with Gasteiger partial charge in [0.25, 0.3) is 11.6 Å². The molecule has 1 aliphatic heterocycles. The quantitative estimate of drug-likeness (QED) is 0.482. The van der Waals surface area contributed by atoms with Gasteiger partial charge in [-0.3, -0.25) is 19.8 Å². The maximum atomic E-state index is 12.3. The monoisotopic (exact) mass is 425 g/mol. The molecule has 2 heterocycles. The van der Waals surface area contributed by atoms with Crippen LogP contribution in [0.25, 0.3) is 10.2 Å². The van der Waals surface area contributed by atoms with Crippen LogP contribution in [0.3, 0.4) is 0 Å². The number of aromatic nitrogens is 1. The average Bonchev–Trinajstić information content (AvgIpc) is 3.17. The molecule has 1 fully saturated rings. The number of rotatable bonds is 6. The molecule has 30 heavy (non-hydrogen) atoms. The van der Waals surface area contributed by atoms with Gasteiger partial charge in [0, 0.05) is 45.3 Å². The van der Waals surface area contributed by atoms with Gasteiger partial charge < -0.3 is 10.2 Å². The molecule has 0 bridgehead atoms. The normalized spacial score (nSPS) is 14.8. The summed E-state index contributed by atoms with van der Waals surface area (Å²) in [6.07, 6.45) is 0. The largest absolute Gasteiger partial charge is 0.351 e. The number of hydrogen-bond donors (Lipinski definition) is 1. The van der Waals surface area contributed by atoms with Crippen molar-refractivity contribution in [3.8, 4) is 0 Å². The Morgan fingerprint density at radius 3 is 2.73 bits per heavy atom. The van der Waals surface area contributed by atoms with E-state index >= 15 is 0 Å². The van der Waals surface area contributed by atoms with Crippen molar-refractivity contribution in [2.45, 2.75) is 6.92 Å². The van der Waals surface area contributed by atoms with E-state index in [1.807, 2.05) is 0 Å². The number of aryl methyl sites for hydroxylation is 1. The summed E-state index contributed by atoms with van der Waals surface area (Å²) in [7, 11) is 0. The Morgan fingerprint density at radius 1 is 1.20 bits per heavy atom. The first-order valence-electron chi connectivity index (χ1n) is 9.87. The van der Waals surface area contributed by atoms with E-state index in [2.05, 4.69) is 40.2 Å². The van der Waals surface area contributed by atoms with Gasteiger partial charge in [0.2, 0.25) is 0 Å². The fourth-order valence-corrected chi connectivity index (χ4v) is 4.68. The Balaban J connectivity index is 1.27. The van der Waals surface area contributed by atoms with Gasteiger partial charge in [0.05, 0.1) is 15.1 Å². The Morgan fingerprint density at radius 2 is 1.97 bits per heavy atom. The number of para-hydroxylation sites is 1. The van der Waals surface area contributed by atoms with Crippen LogP contribution in [0.2, 0.25) is 0 Å². The van der Waals surface area contributed by atoms with E-state index in [0.717, 1.165) is 36.8 Å². The first-order valence-corrected chi connectivity index (χ1v) is 10.7. The van der Waals surface area contributed by atoms with Gasteiger partial charge in [-0.2, -0.15) is 0 Å². The zero-order chi connectivity index (χ0) is 21.1. The highest BCUT2D eigenvalue weighted by molar-refractivity contribution is 7.22. The summed E-state index contributed by atoms with van der Waals surface area (Å²) in [5.74, 6) is -0.411. The number of fused-ring (bicyclic) bond motifs is 1. The van der Waals surface area contributed by atoms with Crippen LogP contribution >= 0.6 is 11.3 Å². The molecule has 1 N–H and O–H groups in total. The van der Waals surface area contributed by atoms with Crippen LogP contribution in [0.15, 0.2) is 42.5 Å². The number of nitro groups is 1. The highest BCUT2D eigenvalue weighted by Gasteiger charge is 2.21. The van der Waals surface area contributed by atoms with Gasteiger partial charge in [-0.25, -0.2) is 4.98 Å².